The third-order valence-corrected chi connectivity index (χ3v) is 8.19. The number of amides is 2. The van der Waals surface area contributed by atoms with E-state index in [1.165, 1.54) is 32.8 Å². The maximum Gasteiger partial charge on any atom is 0.407 e. The lowest BCUT2D eigenvalue weighted by atomic mass is 10.1. The van der Waals surface area contributed by atoms with Gasteiger partial charge in [-0.2, -0.15) is 0 Å². The summed E-state index contributed by atoms with van der Waals surface area (Å²) in [7, 11) is 0. The van der Waals surface area contributed by atoms with Gasteiger partial charge in [-0.25, -0.2) is 23.6 Å². The Hall–Kier alpha value is -5.04. The summed E-state index contributed by atoms with van der Waals surface area (Å²) in [4.78, 5) is 51.2. The van der Waals surface area contributed by atoms with Crippen molar-refractivity contribution in [2.75, 3.05) is 26.2 Å². The number of hydrogen-bond acceptors (Lipinski definition) is 7. The Labute approximate surface area is 249 Å². The van der Waals surface area contributed by atoms with Crippen LogP contribution < -0.4 is 10.3 Å². The van der Waals surface area contributed by atoms with E-state index in [0.717, 1.165) is 16.0 Å². The van der Waals surface area contributed by atoms with Gasteiger partial charge in [-0.3, -0.25) is 9.59 Å². The molecule has 43 heavy (non-hydrogen) atoms. The second-order valence-electron chi connectivity index (χ2n) is 10.1. The number of carbonyl (C=O) groups is 2. The quantitative estimate of drug-likeness (QED) is 0.287. The molecule has 6 rings (SSSR count). The highest BCUT2D eigenvalue weighted by Gasteiger charge is 2.26. The van der Waals surface area contributed by atoms with Gasteiger partial charge < -0.3 is 24.2 Å². The summed E-state index contributed by atoms with van der Waals surface area (Å²) in [6.45, 7) is 1.12. The van der Waals surface area contributed by atoms with Crippen LogP contribution >= 0.6 is 11.3 Å². The zero-order chi connectivity index (χ0) is 29.9. The molecule has 2 aromatic carbocycles. The molecule has 1 saturated heterocycles. The molecule has 1 fully saturated rings. The van der Waals surface area contributed by atoms with Crippen molar-refractivity contribution in [3.63, 3.8) is 0 Å². The van der Waals surface area contributed by atoms with Crippen LogP contribution in [0, 0.1) is 5.82 Å². The summed E-state index contributed by atoms with van der Waals surface area (Å²) in [5.74, 6) is -0.229. The Kier molecular flexibility index (Phi) is 7.88. The van der Waals surface area contributed by atoms with E-state index < -0.39 is 11.7 Å². The van der Waals surface area contributed by atoms with Crippen LogP contribution in [0.4, 0.5) is 9.18 Å². The predicted molar refractivity (Wildman–Crippen MR) is 157 cm³/mol. The van der Waals surface area contributed by atoms with Crippen molar-refractivity contribution in [2.24, 2.45) is 0 Å². The molecule has 4 heterocycles. The first kappa shape index (κ1) is 28.1. The number of thiazole rings is 1. The van der Waals surface area contributed by atoms with Gasteiger partial charge in [0.15, 0.2) is 5.69 Å². The Bertz CT molecular complexity index is 1830. The fourth-order valence-corrected chi connectivity index (χ4v) is 5.81. The van der Waals surface area contributed by atoms with Crippen molar-refractivity contribution in [3.8, 4) is 16.5 Å². The van der Waals surface area contributed by atoms with Gasteiger partial charge in [0.05, 0.1) is 0 Å². The predicted octanol–water partition coefficient (Wildman–Crippen LogP) is 3.75. The maximum absolute atomic E-state index is 13.7. The summed E-state index contributed by atoms with van der Waals surface area (Å²) >= 11 is 1.35. The van der Waals surface area contributed by atoms with E-state index in [0.29, 0.717) is 11.4 Å². The summed E-state index contributed by atoms with van der Waals surface area (Å²) in [6.07, 6.45) is 4.38. The molecule has 1 aliphatic heterocycles. The summed E-state index contributed by atoms with van der Waals surface area (Å²) in [6, 6.07) is 15.7. The number of nitrogens with zero attached hydrogens (tertiary/aromatic N) is 6. The second-order valence-corrected chi connectivity index (χ2v) is 11.2. The number of ether oxygens (including phenoxy) is 1. The van der Waals surface area contributed by atoms with Crippen LogP contribution in [0.5, 0.6) is 5.75 Å². The first-order chi connectivity index (χ1) is 20.9. The molecular weight excluding hydrogens is 575 g/mol. The molecule has 220 valence electrons. The molecule has 0 aliphatic carbocycles. The summed E-state index contributed by atoms with van der Waals surface area (Å²) in [5.41, 5.74) is 1.61. The number of fused-ring (bicyclic) bond motifs is 1. The third-order valence-electron chi connectivity index (χ3n) is 7.19. The van der Waals surface area contributed by atoms with Crippen molar-refractivity contribution in [3.05, 3.63) is 105 Å². The van der Waals surface area contributed by atoms with Gasteiger partial charge in [0, 0.05) is 56.1 Å². The van der Waals surface area contributed by atoms with Crippen molar-refractivity contribution >= 4 is 29.1 Å². The highest BCUT2D eigenvalue weighted by molar-refractivity contribution is 7.15. The number of aromatic nitrogens is 4. The Morgan fingerprint density at radius 3 is 2.40 bits per heavy atom. The SMILES string of the molecule is O=C(O)N1CCN(C(=O)Cn2ccn3c(=O)c(OCc4ccccc4)c(-c4ncc(Cc5ccc(F)cc5)s4)nc23)CC1. The molecule has 5 aromatic rings. The lowest BCUT2D eigenvalue weighted by Crippen LogP contribution is -2.50. The molecule has 0 saturated carbocycles. The van der Waals surface area contributed by atoms with E-state index in [9.17, 15) is 23.9 Å². The summed E-state index contributed by atoms with van der Waals surface area (Å²) in [5, 5.41) is 9.67. The first-order valence-corrected chi connectivity index (χ1v) is 14.4. The molecule has 1 aliphatic rings. The van der Waals surface area contributed by atoms with Crippen LogP contribution in [0.2, 0.25) is 0 Å². The smallest absolute Gasteiger partial charge is 0.407 e. The molecule has 1 N–H and O–H groups in total. The molecular formula is C30H27FN6O5S. The van der Waals surface area contributed by atoms with Crippen molar-refractivity contribution in [2.45, 2.75) is 19.6 Å². The van der Waals surface area contributed by atoms with Gasteiger partial charge in [0.1, 0.15) is 24.0 Å². The van der Waals surface area contributed by atoms with Crippen LogP contribution in [0.25, 0.3) is 16.5 Å². The van der Waals surface area contributed by atoms with E-state index in [-0.39, 0.29) is 68.3 Å². The lowest BCUT2D eigenvalue weighted by Gasteiger charge is -2.33. The van der Waals surface area contributed by atoms with E-state index in [1.54, 1.807) is 40.2 Å². The average molecular weight is 603 g/mol. The van der Waals surface area contributed by atoms with E-state index in [4.69, 9.17) is 9.72 Å². The number of hydrogen-bond donors (Lipinski definition) is 1. The van der Waals surface area contributed by atoms with Crippen LogP contribution in [0.1, 0.15) is 16.0 Å². The van der Waals surface area contributed by atoms with Gasteiger partial charge in [-0.1, -0.05) is 42.5 Å². The normalized spacial score (nSPS) is 13.4. The first-order valence-electron chi connectivity index (χ1n) is 13.6. The standard InChI is InChI=1S/C30H27FN6O5S/c31-22-8-6-20(7-9-22)16-23-17-32-27(43-23)25-26(42-19-21-4-2-1-3-5-21)28(39)37-15-14-36(29(37)33-25)18-24(38)34-10-12-35(13-11-34)30(40)41/h1-9,14-15,17H,10-13,16,18-19H2,(H,40,41). The van der Waals surface area contributed by atoms with Crippen LogP contribution in [0.3, 0.4) is 0 Å². The summed E-state index contributed by atoms with van der Waals surface area (Å²) < 4.78 is 22.4. The zero-order valence-corrected chi connectivity index (χ0v) is 23.7. The number of halogens is 1. The Balaban J connectivity index is 1.32. The number of carbonyl (C=O) groups excluding carboxylic acids is 1. The minimum Gasteiger partial charge on any atom is -0.481 e. The average Bonchev–Trinajstić information content (AvgIpc) is 3.65. The van der Waals surface area contributed by atoms with Crippen molar-refractivity contribution in [1.29, 1.82) is 0 Å². The van der Waals surface area contributed by atoms with Crippen LogP contribution in [0.15, 0.2) is 78.0 Å². The van der Waals surface area contributed by atoms with Crippen LogP contribution in [-0.4, -0.2) is 72.0 Å². The molecule has 0 atom stereocenters. The number of benzene rings is 2. The number of carboxylic acid groups (broad SMARTS) is 1. The molecule has 0 radical (unpaired) electrons. The van der Waals surface area contributed by atoms with Crippen molar-refractivity contribution in [1.82, 2.24) is 28.7 Å². The Morgan fingerprint density at radius 1 is 0.953 bits per heavy atom. The lowest BCUT2D eigenvalue weighted by molar-refractivity contribution is -0.133. The van der Waals surface area contributed by atoms with Gasteiger partial charge in [-0.05, 0) is 23.3 Å². The van der Waals surface area contributed by atoms with E-state index >= 15 is 0 Å². The molecule has 0 unspecified atom stereocenters. The molecule has 0 bridgehead atoms. The fourth-order valence-electron chi connectivity index (χ4n) is 4.88. The topological polar surface area (TPSA) is 122 Å². The molecule has 13 heteroatoms. The number of rotatable bonds is 8. The van der Waals surface area contributed by atoms with Gasteiger partial charge in [0.25, 0.3) is 0 Å². The van der Waals surface area contributed by atoms with Gasteiger partial charge >= 0.3 is 11.7 Å². The highest BCUT2D eigenvalue weighted by atomic mass is 32.1. The second kappa shape index (κ2) is 12.1. The monoisotopic (exact) mass is 602 g/mol. The van der Waals surface area contributed by atoms with Crippen molar-refractivity contribution < 1.29 is 23.8 Å². The zero-order valence-electron chi connectivity index (χ0n) is 22.9. The molecule has 11 nitrogen and oxygen atoms in total. The minimum absolute atomic E-state index is 0.0397. The minimum atomic E-state index is -1.01. The third kappa shape index (κ3) is 6.11. The largest absolute Gasteiger partial charge is 0.481 e. The number of piperazine rings is 1. The van der Waals surface area contributed by atoms with Gasteiger partial charge in [-0.15, -0.1) is 11.3 Å². The maximum atomic E-state index is 13.7. The van der Waals surface area contributed by atoms with Crippen LogP contribution in [-0.2, 0) is 24.4 Å². The van der Waals surface area contributed by atoms with Gasteiger partial charge in [0.2, 0.25) is 17.4 Å². The molecule has 0 spiro atoms. The molecule has 3 aromatic heterocycles. The highest BCUT2D eigenvalue weighted by Crippen LogP contribution is 2.31. The Morgan fingerprint density at radius 2 is 1.67 bits per heavy atom. The number of imidazole rings is 1. The van der Waals surface area contributed by atoms with E-state index in [1.807, 2.05) is 30.3 Å². The van der Waals surface area contributed by atoms with E-state index in [2.05, 4.69) is 4.98 Å². The molecule has 2 amide bonds. The fraction of sp³-hybridized carbons (Fsp3) is 0.233.